The van der Waals surface area contributed by atoms with Crippen LogP contribution in [-0.4, -0.2) is 23.1 Å². The average molecular weight is 234 g/mol. The summed E-state index contributed by atoms with van der Waals surface area (Å²) in [6.07, 6.45) is 0.261. The molecule has 92 valence electrons. The Morgan fingerprint density at radius 3 is 2.53 bits per heavy atom. The molecular weight excluding hydrogens is 216 g/mol. The van der Waals surface area contributed by atoms with Crippen molar-refractivity contribution in [1.82, 2.24) is 0 Å². The standard InChI is InChI=1S/C14H18O3/c1-4-11-13(17-14(2,3)16-11)12(15)10-8-6-5-7-9-10/h4-9,11-13,15H,1H2,2-3H3/t11-,12?,13-/m1/s1. The van der Waals surface area contributed by atoms with Gasteiger partial charge in [-0.15, -0.1) is 6.58 Å². The second-order valence-electron chi connectivity index (χ2n) is 4.66. The third-order valence-electron chi connectivity index (χ3n) is 2.85. The number of aliphatic hydroxyl groups is 1. The fraction of sp³-hybridized carbons (Fsp3) is 0.429. The lowest BCUT2D eigenvalue weighted by Crippen LogP contribution is -2.28. The highest BCUT2D eigenvalue weighted by atomic mass is 16.8. The Morgan fingerprint density at radius 2 is 1.94 bits per heavy atom. The highest BCUT2D eigenvalue weighted by Gasteiger charge is 2.43. The molecule has 0 spiro atoms. The van der Waals surface area contributed by atoms with Crippen molar-refractivity contribution in [2.75, 3.05) is 0 Å². The first-order valence-electron chi connectivity index (χ1n) is 5.75. The number of benzene rings is 1. The minimum absolute atomic E-state index is 0.291. The molecule has 3 nitrogen and oxygen atoms in total. The molecule has 0 aliphatic carbocycles. The lowest BCUT2D eigenvalue weighted by atomic mass is 10.0. The SMILES string of the molecule is C=C[C@H]1OC(C)(C)O[C@H]1C(O)c1ccccc1. The number of aliphatic hydroxyl groups excluding tert-OH is 1. The Labute approximate surface area is 102 Å². The van der Waals surface area contributed by atoms with Crippen LogP contribution in [0.1, 0.15) is 25.5 Å². The lowest BCUT2D eigenvalue weighted by Gasteiger charge is -2.21. The van der Waals surface area contributed by atoms with Crippen LogP contribution in [0.3, 0.4) is 0 Å². The lowest BCUT2D eigenvalue weighted by molar-refractivity contribution is -0.153. The molecular formula is C14H18O3. The van der Waals surface area contributed by atoms with E-state index in [9.17, 15) is 5.11 Å². The molecule has 1 aromatic carbocycles. The van der Waals surface area contributed by atoms with Gasteiger partial charge in [-0.3, -0.25) is 0 Å². The molecule has 3 heteroatoms. The summed E-state index contributed by atoms with van der Waals surface area (Å²) in [5.41, 5.74) is 0.825. The number of hydrogen-bond donors (Lipinski definition) is 1. The Bertz CT molecular complexity index is 386. The van der Waals surface area contributed by atoms with Crippen LogP contribution in [0.2, 0.25) is 0 Å². The van der Waals surface area contributed by atoms with Crippen LogP contribution < -0.4 is 0 Å². The van der Waals surface area contributed by atoms with Crippen molar-refractivity contribution in [2.45, 2.75) is 37.9 Å². The summed E-state index contributed by atoms with van der Waals surface area (Å²) >= 11 is 0. The van der Waals surface area contributed by atoms with E-state index in [2.05, 4.69) is 6.58 Å². The van der Waals surface area contributed by atoms with Gasteiger partial charge >= 0.3 is 0 Å². The van der Waals surface area contributed by atoms with E-state index in [0.717, 1.165) is 5.56 Å². The molecule has 17 heavy (non-hydrogen) atoms. The van der Waals surface area contributed by atoms with Crippen molar-refractivity contribution < 1.29 is 14.6 Å². The van der Waals surface area contributed by atoms with Crippen molar-refractivity contribution in [2.24, 2.45) is 0 Å². The largest absolute Gasteiger partial charge is 0.386 e. The predicted octanol–water partition coefficient (Wildman–Crippen LogP) is 2.43. The number of rotatable bonds is 3. The summed E-state index contributed by atoms with van der Waals surface area (Å²) in [5, 5.41) is 10.3. The Balaban J connectivity index is 2.19. The van der Waals surface area contributed by atoms with E-state index >= 15 is 0 Å². The van der Waals surface area contributed by atoms with Gasteiger partial charge in [0.25, 0.3) is 0 Å². The van der Waals surface area contributed by atoms with Crippen molar-refractivity contribution >= 4 is 0 Å². The molecule has 2 rings (SSSR count). The van der Waals surface area contributed by atoms with E-state index in [1.807, 2.05) is 44.2 Å². The van der Waals surface area contributed by atoms with Crippen molar-refractivity contribution in [3.8, 4) is 0 Å². The zero-order chi connectivity index (χ0) is 12.5. The maximum absolute atomic E-state index is 10.3. The van der Waals surface area contributed by atoms with Gasteiger partial charge in [-0.2, -0.15) is 0 Å². The fourth-order valence-corrected chi connectivity index (χ4v) is 2.08. The molecule has 1 aliphatic heterocycles. The minimum Gasteiger partial charge on any atom is -0.386 e. The summed E-state index contributed by atoms with van der Waals surface area (Å²) in [6.45, 7) is 7.39. The molecule has 1 fully saturated rings. The molecule has 3 atom stereocenters. The Morgan fingerprint density at radius 1 is 1.29 bits per heavy atom. The van der Waals surface area contributed by atoms with Crippen LogP contribution in [-0.2, 0) is 9.47 Å². The number of ether oxygens (including phenoxy) is 2. The highest BCUT2D eigenvalue weighted by molar-refractivity contribution is 5.20. The Kier molecular flexibility index (Phi) is 3.33. The highest BCUT2D eigenvalue weighted by Crippen LogP contribution is 2.35. The second-order valence-corrected chi connectivity index (χ2v) is 4.66. The molecule has 1 aromatic rings. The van der Waals surface area contributed by atoms with Crippen LogP contribution in [0.4, 0.5) is 0 Å². The molecule has 0 bridgehead atoms. The van der Waals surface area contributed by atoms with E-state index in [4.69, 9.17) is 9.47 Å². The van der Waals surface area contributed by atoms with Gasteiger partial charge in [0.1, 0.15) is 18.3 Å². The maximum atomic E-state index is 10.3. The van der Waals surface area contributed by atoms with Gasteiger partial charge < -0.3 is 14.6 Å². The van der Waals surface area contributed by atoms with Crippen LogP contribution in [0.5, 0.6) is 0 Å². The normalized spacial score (nSPS) is 28.9. The van der Waals surface area contributed by atoms with Gasteiger partial charge in [0, 0.05) is 0 Å². The van der Waals surface area contributed by atoms with Gasteiger partial charge in [-0.25, -0.2) is 0 Å². The molecule has 1 unspecified atom stereocenters. The van der Waals surface area contributed by atoms with Crippen LogP contribution >= 0.6 is 0 Å². The van der Waals surface area contributed by atoms with Gasteiger partial charge in [-0.05, 0) is 19.4 Å². The van der Waals surface area contributed by atoms with Gasteiger partial charge in [0.05, 0.1) is 0 Å². The fourth-order valence-electron chi connectivity index (χ4n) is 2.08. The van der Waals surface area contributed by atoms with Gasteiger partial charge in [0.15, 0.2) is 5.79 Å². The van der Waals surface area contributed by atoms with Gasteiger partial charge in [0.2, 0.25) is 0 Å². The number of hydrogen-bond acceptors (Lipinski definition) is 3. The molecule has 0 saturated carbocycles. The summed E-state index contributed by atoms with van der Waals surface area (Å²) in [6, 6.07) is 9.45. The maximum Gasteiger partial charge on any atom is 0.164 e. The average Bonchev–Trinajstić information content (AvgIpc) is 2.65. The minimum atomic E-state index is -0.707. The predicted molar refractivity (Wildman–Crippen MR) is 65.4 cm³/mol. The van der Waals surface area contributed by atoms with E-state index in [0.29, 0.717) is 0 Å². The zero-order valence-electron chi connectivity index (χ0n) is 10.2. The van der Waals surface area contributed by atoms with E-state index in [1.54, 1.807) is 6.08 Å². The second kappa shape index (κ2) is 4.61. The third-order valence-corrected chi connectivity index (χ3v) is 2.85. The summed E-state index contributed by atoms with van der Waals surface area (Å²) in [5.74, 6) is -0.681. The van der Waals surface area contributed by atoms with Crippen LogP contribution in [0.25, 0.3) is 0 Å². The first-order chi connectivity index (χ1) is 8.03. The first kappa shape index (κ1) is 12.3. The Hall–Kier alpha value is -1.16. The monoisotopic (exact) mass is 234 g/mol. The van der Waals surface area contributed by atoms with Crippen LogP contribution in [0, 0.1) is 0 Å². The van der Waals surface area contributed by atoms with Crippen molar-refractivity contribution in [3.05, 3.63) is 48.6 Å². The van der Waals surface area contributed by atoms with E-state index in [1.165, 1.54) is 0 Å². The molecule has 1 aliphatic rings. The summed E-state index contributed by atoms with van der Waals surface area (Å²) in [4.78, 5) is 0. The van der Waals surface area contributed by atoms with Crippen molar-refractivity contribution in [1.29, 1.82) is 0 Å². The quantitative estimate of drug-likeness (QED) is 0.816. The zero-order valence-corrected chi connectivity index (χ0v) is 10.2. The topological polar surface area (TPSA) is 38.7 Å². The molecule has 0 aromatic heterocycles. The first-order valence-corrected chi connectivity index (χ1v) is 5.75. The smallest absolute Gasteiger partial charge is 0.164 e. The molecule has 1 heterocycles. The van der Waals surface area contributed by atoms with E-state index < -0.39 is 18.0 Å². The van der Waals surface area contributed by atoms with Gasteiger partial charge in [-0.1, -0.05) is 36.4 Å². The summed E-state index contributed by atoms with van der Waals surface area (Å²) in [7, 11) is 0. The van der Waals surface area contributed by atoms with Crippen molar-refractivity contribution in [3.63, 3.8) is 0 Å². The molecule has 0 amide bonds. The van der Waals surface area contributed by atoms with E-state index in [-0.39, 0.29) is 6.10 Å². The van der Waals surface area contributed by atoms with Crippen LogP contribution in [0.15, 0.2) is 43.0 Å². The molecule has 0 radical (unpaired) electrons. The molecule has 1 saturated heterocycles. The summed E-state index contributed by atoms with van der Waals surface area (Å²) < 4.78 is 11.4. The molecule has 1 N–H and O–H groups in total. The third kappa shape index (κ3) is 2.57.